The van der Waals surface area contributed by atoms with E-state index in [0.29, 0.717) is 6.61 Å². The Labute approximate surface area is 166 Å². The maximum atomic E-state index is 12.8. The molecule has 146 valence electrons. The lowest BCUT2D eigenvalue weighted by Gasteiger charge is -2.32. The van der Waals surface area contributed by atoms with Crippen molar-refractivity contribution in [2.24, 2.45) is 0 Å². The normalized spacial score (nSPS) is 23.8. The number of fused-ring (bicyclic) bond motifs is 3. The third-order valence-electron chi connectivity index (χ3n) is 6.42. The third kappa shape index (κ3) is 3.48. The zero-order chi connectivity index (χ0) is 17.6. The van der Waals surface area contributed by atoms with E-state index in [1.165, 1.54) is 29.5 Å². The zero-order valence-electron chi connectivity index (χ0n) is 15.6. The van der Waals surface area contributed by atoms with Crippen molar-refractivity contribution in [2.75, 3.05) is 19.7 Å². The van der Waals surface area contributed by atoms with Crippen molar-refractivity contribution >= 4 is 29.2 Å². The molecule has 1 spiro atoms. The Morgan fingerprint density at radius 3 is 2.85 bits per heavy atom. The summed E-state index contributed by atoms with van der Waals surface area (Å²) in [6.45, 7) is 2.65. The summed E-state index contributed by atoms with van der Waals surface area (Å²) in [4.78, 5) is 16.4. The summed E-state index contributed by atoms with van der Waals surface area (Å²) in [6.07, 6.45) is 7.76. The summed E-state index contributed by atoms with van der Waals surface area (Å²) >= 11 is 0. The maximum Gasteiger partial charge on any atom is 0.251 e. The van der Waals surface area contributed by atoms with Crippen LogP contribution in [0.4, 0.5) is 0 Å². The second-order valence-corrected chi connectivity index (χ2v) is 8.17. The first kappa shape index (κ1) is 18.8. The van der Waals surface area contributed by atoms with Crippen LogP contribution in [0.1, 0.15) is 53.7 Å². The van der Waals surface area contributed by atoms with E-state index in [1.54, 1.807) is 0 Å². The number of H-pyrrole nitrogens is 1. The number of aryl methyl sites for hydroxylation is 2. The average molecular weight is 390 g/mol. The van der Waals surface area contributed by atoms with Crippen molar-refractivity contribution in [3.8, 4) is 0 Å². The number of rotatable bonds is 2. The number of amides is 1. The smallest absolute Gasteiger partial charge is 0.251 e. The lowest BCUT2D eigenvalue weighted by Crippen LogP contribution is -2.43. The van der Waals surface area contributed by atoms with Gasteiger partial charge in [-0.05, 0) is 81.8 Å². The molecule has 0 saturated carbocycles. The largest absolute Gasteiger partial charge is 0.373 e. The molecule has 3 aliphatic rings. The second kappa shape index (κ2) is 7.46. The predicted molar refractivity (Wildman–Crippen MR) is 109 cm³/mol. The van der Waals surface area contributed by atoms with Gasteiger partial charge in [0.2, 0.25) is 0 Å². The minimum Gasteiger partial charge on any atom is -0.373 e. The number of piperidine rings is 1. The predicted octanol–water partition coefficient (Wildman–Crippen LogP) is 3.11. The highest BCUT2D eigenvalue weighted by Gasteiger charge is 2.41. The van der Waals surface area contributed by atoms with Crippen LogP contribution in [0.15, 0.2) is 18.2 Å². The number of aromatic nitrogens is 1. The zero-order valence-corrected chi connectivity index (χ0v) is 16.4. The van der Waals surface area contributed by atoms with Crippen molar-refractivity contribution in [1.29, 1.82) is 0 Å². The monoisotopic (exact) mass is 389 g/mol. The fourth-order valence-electron chi connectivity index (χ4n) is 4.98. The van der Waals surface area contributed by atoms with Crippen molar-refractivity contribution in [3.63, 3.8) is 0 Å². The van der Waals surface area contributed by atoms with E-state index in [1.807, 2.05) is 6.07 Å². The van der Waals surface area contributed by atoms with Crippen LogP contribution in [0, 0.1) is 0 Å². The summed E-state index contributed by atoms with van der Waals surface area (Å²) in [5.74, 6) is 0.0252. The van der Waals surface area contributed by atoms with Crippen LogP contribution < -0.4 is 10.6 Å². The number of nitrogens with one attached hydrogen (secondary N) is 3. The van der Waals surface area contributed by atoms with Gasteiger partial charge >= 0.3 is 0 Å². The van der Waals surface area contributed by atoms with Gasteiger partial charge in [0.25, 0.3) is 5.91 Å². The minimum atomic E-state index is -0.0210. The molecular weight excluding hydrogens is 362 g/mol. The summed E-state index contributed by atoms with van der Waals surface area (Å²) in [5, 5.41) is 7.82. The average Bonchev–Trinajstić information content (AvgIpc) is 3.23. The Hall–Kier alpha value is -1.56. The van der Waals surface area contributed by atoms with Crippen molar-refractivity contribution in [3.05, 3.63) is 35.0 Å². The number of hydrogen-bond donors (Lipinski definition) is 3. The van der Waals surface area contributed by atoms with E-state index in [0.717, 1.165) is 56.3 Å². The van der Waals surface area contributed by atoms with Gasteiger partial charge < -0.3 is 20.4 Å². The molecule has 27 heavy (non-hydrogen) atoms. The Morgan fingerprint density at radius 1 is 1.19 bits per heavy atom. The van der Waals surface area contributed by atoms with Gasteiger partial charge in [0.05, 0.1) is 18.2 Å². The number of carbonyl (C=O) groups excluding carboxylic acids is 1. The van der Waals surface area contributed by atoms with Crippen LogP contribution in [0.5, 0.6) is 0 Å². The molecule has 3 heterocycles. The first-order chi connectivity index (χ1) is 12.7. The molecule has 1 amide bonds. The number of carbonyl (C=O) groups is 1. The molecule has 0 radical (unpaired) electrons. The van der Waals surface area contributed by atoms with Crippen molar-refractivity contribution in [1.82, 2.24) is 15.6 Å². The number of ether oxygens (including phenoxy) is 1. The van der Waals surface area contributed by atoms with Gasteiger partial charge in [0, 0.05) is 22.2 Å². The summed E-state index contributed by atoms with van der Waals surface area (Å²) in [7, 11) is 0. The van der Waals surface area contributed by atoms with Crippen molar-refractivity contribution < 1.29 is 9.53 Å². The second-order valence-electron chi connectivity index (χ2n) is 8.17. The van der Waals surface area contributed by atoms with Gasteiger partial charge in [0.1, 0.15) is 0 Å². The first-order valence-electron chi connectivity index (χ1n) is 10.0. The summed E-state index contributed by atoms with van der Waals surface area (Å²) < 4.78 is 6.10. The van der Waals surface area contributed by atoms with E-state index >= 15 is 0 Å². The fraction of sp³-hybridized carbons (Fsp3) is 0.571. The van der Waals surface area contributed by atoms with Gasteiger partial charge in [-0.2, -0.15) is 0 Å². The highest BCUT2D eigenvalue weighted by molar-refractivity contribution is 5.99. The van der Waals surface area contributed by atoms with Crippen LogP contribution in [-0.4, -0.2) is 42.2 Å². The summed E-state index contributed by atoms with van der Waals surface area (Å²) in [6, 6.07) is 6.19. The minimum absolute atomic E-state index is 0. The molecule has 2 aliphatic heterocycles. The molecule has 5 nitrogen and oxygen atoms in total. The van der Waals surface area contributed by atoms with Crippen LogP contribution in [0.3, 0.4) is 0 Å². The van der Waals surface area contributed by atoms with Gasteiger partial charge in [-0.25, -0.2) is 0 Å². The molecule has 1 unspecified atom stereocenters. The van der Waals surface area contributed by atoms with Crippen molar-refractivity contribution in [2.45, 2.75) is 56.6 Å². The molecule has 2 saturated heterocycles. The topological polar surface area (TPSA) is 66.2 Å². The van der Waals surface area contributed by atoms with Gasteiger partial charge in [-0.3, -0.25) is 4.79 Å². The van der Waals surface area contributed by atoms with Gasteiger partial charge in [0.15, 0.2) is 0 Å². The number of benzene rings is 1. The highest BCUT2D eigenvalue weighted by atomic mass is 35.5. The molecule has 2 fully saturated rings. The summed E-state index contributed by atoms with van der Waals surface area (Å²) in [5.41, 5.74) is 4.68. The molecule has 2 aromatic rings. The molecular formula is C21H28ClN3O2. The molecule has 1 aliphatic carbocycles. The van der Waals surface area contributed by atoms with E-state index in [2.05, 4.69) is 27.8 Å². The first-order valence-corrected chi connectivity index (χ1v) is 10.0. The Balaban J connectivity index is 0.00000180. The SMILES string of the molecule is Cl.O=C(NC1COC2(CCNCC2)C1)c1ccc2[nH]c3c(c2c1)CCCC3. The highest BCUT2D eigenvalue weighted by Crippen LogP contribution is 2.34. The number of halogens is 1. The lowest BCUT2D eigenvalue weighted by atomic mass is 9.88. The molecule has 5 rings (SSSR count). The Kier molecular flexibility index (Phi) is 5.19. The van der Waals surface area contributed by atoms with Gasteiger partial charge in [-0.15, -0.1) is 12.4 Å². The van der Waals surface area contributed by atoms with Gasteiger partial charge in [-0.1, -0.05) is 0 Å². The van der Waals surface area contributed by atoms with E-state index < -0.39 is 0 Å². The van der Waals surface area contributed by atoms with Crippen LogP contribution in [0.2, 0.25) is 0 Å². The fourth-order valence-corrected chi connectivity index (χ4v) is 4.98. The lowest BCUT2D eigenvalue weighted by molar-refractivity contribution is -0.0194. The number of aromatic amines is 1. The van der Waals surface area contributed by atoms with Crippen LogP contribution >= 0.6 is 12.4 Å². The maximum absolute atomic E-state index is 12.8. The third-order valence-corrected chi connectivity index (χ3v) is 6.42. The Morgan fingerprint density at radius 2 is 2.00 bits per heavy atom. The molecule has 3 N–H and O–H groups in total. The molecule has 1 atom stereocenters. The molecule has 1 aromatic carbocycles. The van der Waals surface area contributed by atoms with Crippen LogP contribution in [0.25, 0.3) is 10.9 Å². The van der Waals surface area contributed by atoms with E-state index in [4.69, 9.17) is 4.74 Å². The quantitative estimate of drug-likeness (QED) is 0.739. The molecule has 0 bridgehead atoms. The van der Waals surface area contributed by atoms with E-state index in [-0.39, 0.29) is 30.0 Å². The Bertz CT molecular complexity index is 841. The number of hydrogen-bond acceptors (Lipinski definition) is 3. The molecule has 1 aromatic heterocycles. The standard InChI is InChI=1S/C21H27N3O2.ClH/c25-20(23-15-12-21(26-13-15)7-9-22-10-8-21)14-5-6-19-17(11-14)16-3-1-2-4-18(16)24-19;/h5-6,11,15,22,24H,1-4,7-10,12-13H2,(H,23,25);1H. The molecule has 6 heteroatoms. The van der Waals surface area contributed by atoms with E-state index in [9.17, 15) is 4.79 Å². The van der Waals surface area contributed by atoms with Crippen LogP contribution in [-0.2, 0) is 17.6 Å².